The predicted octanol–water partition coefficient (Wildman–Crippen LogP) is 2.88. The van der Waals surface area contributed by atoms with Gasteiger partial charge in [-0.2, -0.15) is 4.31 Å². The van der Waals surface area contributed by atoms with Gasteiger partial charge in [0.15, 0.2) is 0 Å². The normalized spacial score (nSPS) is 11.5. The molecule has 0 atom stereocenters. The first-order chi connectivity index (χ1) is 14.3. The Morgan fingerprint density at radius 3 is 2.10 bits per heavy atom. The third kappa shape index (κ3) is 6.16. The molecule has 2 aromatic carbocycles. The van der Waals surface area contributed by atoms with Gasteiger partial charge in [0.25, 0.3) is 5.91 Å². The predicted molar refractivity (Wildman–Crippen MR) is 115 cm³/mol. The van der Waals surface area contributed by atoms with Crippen LogP contribution in [0.1, 0.15) is 10.4 Å². The molecule has 2 aromatic rings. The number of nitrogens with one attached hydrogen (secondary N) is 1. The summed E-state index contributed by atoms with van der Waals surface area (Å²) in [6.07, 6.45) is 0. The lowest BCUT2D eigenvalue weighted by Gasteiger charge is -2.21. The number of benzene rings is 2. The highest BCUT2D eigenvalue weighted by Crippen LogP contribution is 2.27. The largest absolute Gasteiger partial charge is 0.495 e. The summed E-state index contributed by atoms with van der Waals surface area (Å²) in [4.78, 5) is 12.6. The topological polar surface area (TPSA) is 94.2 Å². The van der Waals surface area contributed by atoms with Crippen molar-refractivity contribution in [2.24, 2.45) is 0 Å². The van der Waals surface area contributed by atoms with Crippen LogP contribution in [0.5, 0.6) is 5.75 Å². The lowest BCUT2D eigenvalue weighted by atomic mass is 10.2. The number of carbonyl (C=O) groups excluding carboxylic acids is 1. The molecular formula is C20H25ClN2O6S. The van der Waals surface area contributed by atoms with E-state index in [1.165, 1.54) is 49.9 Å². The number of amides is 1. The number of hydrogen-bond donors (Lipinski definition) is 1. The first-order valence-corrected chi connectivity index (χ1v) is 10.9. The third-order valence-corrected chi connectivity index (χ3v) is 6.46. The molecule has 2 rings (SSSR count). The Morgan fingerprint density at radius 1 is 1.00 bits per heavy atom. The van der Waals surface area contributed by atoms with E-state index in [0.717, 1.165) is 0 Å². The van der Waals surface area contributed by atoms with Gasteiger partial charge >= 0.3 is 0 Å². The fourth-order valence-corrected chi connectivity index (χ4v) is 4.28. The molecule has 1 amide bonds. The van der Waals surface area contributed by atoms with Crippen LogP contribution >= 0.6 is 11.6 Å². The minimum absolute atomic E-state index is 0.0822. The monoisotopic (exact) mass is 456 g/mol. The lowest BCUT2D eigenvalue weighted by molar-refractivity contribution is 0.102. The molecule has 10 heteroatoms. The van der Waals surface area contributed by atoms with Gasteiger partial charge in [-0.3, -0.25) is 4.79 Å². The average molecular weight is 457 g/mol. The van der Waals surface area contributed by atoms with E-state index in [1.54, 1.807) is 18.2 Å². The molecular weight excluding hydrogens is 432 g/mol. The number of ether oxygens (including phenoxy) is 3. The second kappa shape index (κ2) is 11.3. The Hall–Kier alpha value is -2.17. The Morgan fingerprint density at radius 2 is 1.60 bits per heavy atom. The van der Waals surface area contributed by atoms with Crippen molar-refractivity contribution in [3.8, 4) is 5.75 Å². The maximum absolute atomic E-state index is 12.9. The van der Waals surface area contributed by atoms with E-state index in [0.29, 0.717) is 22.0 Å². The summed E-state index contributed by atoms with van der Waals surface area (Å²) in [6.45, 7) is 0.910. The SMILES string of the molecule is COCCN(CCOC)S(=O)(=O)c1ccc(C(=O)Nc2ccc(OC)c(Cl)c2)cc1. The van der Waals surface area contributed by atoms with Crippen molar-refractivity contribution in [3.05, 3.63) is 53.1 Å². The van der Waals surface area contributed by atoms with Crippen LogP contribution in [0, 0.1) is 0 Å². The quantitative estimate of drug-likeness (QED) is 0.558. The maximum atomic E-state index is 12.9. The zero-order valence-corrected chi connectivity index (χ0v) is 18.6. The van der Waals surface area contributed by atoms with E-state index in [4.69, 9.17) is 25.8 Å². The first kappa shape index (κ1) is 24.1. The van der Waals surface area contributed by atoms with Crippen LogP contribution in [0.3, 0.4) is 0 Å². The number of halogens is 1. The Bertz CT molecular complexity index is 942. The van der Waals surface area contributed by atoms with Crippen molar-refractivity contribution in [2.75, 3.05) is 52.9 Å². The molecule has 30 heavy (non-hydrogen) atoms. The van der Waals surface area contributed by atoms with Crippen LogP contribution in [-0.2, 0) is 19.5 Å². The maximum Gasteiger partial charge on any atom is 0.255 e. The van der Waals surface area contributed by atoms with Gasteiger partial charge in [0.1, 0.15) is 5.75 Å². The Balaban J connectivity index is 2.15. The van der Waals surface area contributed by atoms with E-state index >= 15 is 0 Å². The van der Waals surface area contributed by atoms with Gasteiger partial charge < -0.3 is 19.5 Å². The summed E-state index contributed by atoms with van der Waals surface area (Å²) >= 11 is 6.07. The molecule has 0 radical (unpaired) electrons. The smallest absolute Gasteiger partial charge is 0.255 e. The molecule has 0 aliphatic carbocycles. The van der Waals surface area contributed by atoms with Crippen molar-refractivity contribution >= 4 is 33.2 Å². The summed E-state index contributed by atoms with van der Waals surface area (Å²) in [7, 11) is 0.760. The molecule has 164 valence electrons. The molecule has 0 aliphatic rings. The number of methoxy groups -OCH3 is 3. The Labute approximate surface area is 181 Å². The highest BCUT2D eigenvalue weighted by molar-refractivity contribution is 7.89. The van der Waals surface area contributed by atoms with E-state index in [-0.39, 0.29) is 31.2 Å². The number of nitrogens with zero attached hydrogens (tertiary/aromatic N) is 1. The molecule has 1 N–H and O–H groups in total. The summed E-state index contributed by atoms with van der Waals surface area (Å²) < 4.78 is 42.2. The van der Waals surface area contributed by atoms with Crippen LogP contribution in [0.25, 0.3) is 0 Å². The summed E-state index contributed by atoms with van der Waals surface area (Å²) in [5.41, 5.74) is 0.800. The molecule has 8 nitrogen and oxygen atoms in total. The summed E-state index contributed by atoms with van der Waals surface area (Å²) in [5, 5.41) is 3.08. The van der Waals surface area contributed by atoms with Crippen molar-refractivity contribution in [1.29, 1.82) is 0 Å². The minimum atomic E-state index is -3.75. The second-order valence-corrected chi connectivity index (χ2v) is 8.56. The van der Waals surface area contributed by atoms with Crippen molar-refractivity contribution in [3.63, 3.8) is 0 Å². The molecule has 0 heterocycles. The molecule has 0 aromatic heterocycles. The average Bonchev–Trinajstić information content (AvgIpc) is 2.74. The van der Waals surface area contributed by atoms with Gasteiger partial charge in [0.05, 0.1) is 30.2 Å². The fourth-order valence-electron chi connectivity index (χ4n) is 2.61. The minimum Gasteiger partial charge on any atom is -0.495 e. The highest BCUT2D eigenvalue weighted by atomic mass is 35.5. The molecule has 0 saturated carbocycles. The van der Waals surface area contributed by atoms with Gasteiger partial charge in [-0.05, 0) is 42.5 Å². The van der Waals surface area contributed by atoms with Crippen molar-refractivity contribution in [2.45, 2.75) is 4.90 Å². The van der Waals surface area contributed by atoms with Gasteiger partial charge in [-0.25, -0.2) is 8.42 Å². The van der Waals surface area contributed by atoms with Crippen LogP contribution in [-0.4, -0.2) is 66.3 Å². The van der Waals surface area contributed by atoms with E-state index < -0.39 is 15.9 Å². The molecule has 0 aliphatic heterocycles. The molecule has 0 spiro atoms. The highest BCUT2D eigenvalue weighted by Gasteiger charge is 2.24. The van der Waals surface area contributed by atoms with Gasteiger partial charge in [0.2, 0.25) is 10.0 Å². The number of rotatable bonds is 11. The summed E-state index contributed by atoms with van der Waals surface area (Å²) in [5.74, 6) is 0.103. The fraction of sp³-hybridized carbons (Fsp3) is 0.350. The first-order valence-electron chi connectivity index (χ1n) is 9.06. The van der Waals surface area contributed by atoms with Crippen LogP contribution in [0.2, 0.25) is 5.02 Å². The van der Waals surface area contributed by atoms with E-state index in [2.05, 4.69) is 5.32 Å². The number of anilines is 1. The second-order valence-electron chi connectivity index (χ2n) is 6.22. The number of carbonyl (C=O) groups is 1. The van der Waals surface area contributed by atoms with Crippen LogP contribution < -0.4 is 10.1 Å². The zero-order chi connectivity index (χ0) is 22.1. The van der Waals surface area contributed by atoms with Crippen LogP contribution in [0.4, 0.5) is 5.69 Å². The van der Waals surface area contributed by atoms with E-state index in [9.17, 15) is 13.2 Å². The van der Waals surface area contributed by atoms with Crippen molar-refractivity contribution < 1.29 is 27.4 Å². The van der Waals surface area contributed by atoms with Crippen molar-refractivity contribution in [1.82, 2.24) is 4.31 Å². The van der Waals surface area contributed by atoms with Gasteiger partial charge in [-0.1, -0.05) is 11.6 Å². The molecule has 0 saturated heterocycles. The van der Waals surface area contributed by atoms with Gasteiger partial charge in [-0.15, -0.1) is 0 Å². The van der Waals surface area contributed by atoms with E-state index in [1.807, 2.05) is 0 Å². The third-order valence-electron chi connectivity index (χ3n) is 4.25. The standard InChI is InChI=1S/C20H25ClN2O6S/c1-27-12-10-23(11-13-28-2)30(25,26)17-7-4-15(5-8-17)20(24)22-16-6-9-19(29-3)18(21)14-16/h4-9,14H,10-13H2,1-3H3,(H,22,24). The number of sulfonamides is 1. The molecule has 0 fully saturated rings. The lowest BCUT2D eigenvalue weighted by Crippen LogP contribution is -2.36. The summed E-state index contributed by atoms with van der Waals surface area (Å²) in [6, 6.07) is 10.6. The molecule has 0 bridgehead atoms. The Kier molecular flexibility index (Phi) is 9.07. The zero-order valence-electron chi connectivity index (χ0n) is 17.1. The van der Waals surface area contributed by atoms with Gasteiger partial charge in [0, 0.05) is 38.6 Å². The molecule has 0 unspecified atom stereocenters. The van der Waals surface area contributed by atoms with Crippen LogP contribution in [0.15, 0.2) is 47.4 Å². The number of hydrogen-bond acceptors (Lipinski definition) is 6.